The van der Waals surface area contributed by atoms with Gasteiger partial charge in [-0.2, -0.15) is 4.73 Å². The molecule has 0 atom stereocenters. The minimum atomic E-state index is -0.274. The van der Waals surface area contributed by atoms with E-state index in [0.717, 1.165) is 4.73 Å². The maximum Gasteiger partial charge on any atom is 0.200 e. The number of nitrogens with zero attached hydrogens (tertiary/aromatic N) is 1. The number of rotatable bonds is 0. The van der Waals surface area contributed by atoms with Crippen LogP contribution in [0.3, 0.4) is 0 Å². The van der Waals surface area contributed by atoms with Crippen molar-refractivity contribution in [2.75, 3.05) is 0 Å². The van der Waals surface area contributed by atoms with Gasteiger partial charge in [0.15, 0.2) is 0 Å². The van der Waals surface area contributed by atoms with Crippen molar-refractivity contribution in [3.8, 4) is 0 Å². The summed E-state index contributed by atoms with van der Waals surface area (Å²) in [6, 6.07) is 1.20. The average molecular weight is 160 g/mol. The van der Waals surface area contributed by atoms with Gasteiger partial charge in [0.05, 0.1) is 5.69 Å². The van der Waals surface area contributed by atoms with Crippen molar-refractivity contribution in [3.63, 3.8) is 0 Å². The third-order valence-corrected chi connectivity index (χ3v) is 1.70. The first-order valence-corrected chi connectivity index (χ1v) is 3.07. The minimum absolute atomic E-state index is 0.0602. The zero-order chi connectivity index (χ0) is 7.72. The molecule has 0 aliphatic heterocycles. The first-order chi connectivity index (χ1) is 4.63. The summed E-state index contributed by atoms with van der Waals surface area (Å²) in [5.74, 6) is 0. The number of hydrogen-bond acceptors (Lipinski definition) is 2. The largest absolute Gasteiger partial charge is 0.429 e. The van der Waals surface area contributed by atoms with E-state index in [4.69, 9.17) is 16.8 Å². The van der Waals surface area contributed by atoms with E-state index in [1.54, 1.807) is 6.92 Å². The Labute approximate surface area is 62.4 Å². The van der Waals surface area contributed by atoms with E-state index in [9.17, 15) is 4.79 Å². The van der Waals surface area contributed by atoms with Crippen LogP contribution in [0, 0.1) is 6.92 Å². The fourth-order valence-corrected chi connectivity index (χ4v) is 0.752. The number of hydrogen-bond donors (Lipinski definition) is 1. The second kappa shape index (κ2) is 2.34. The van der Waals surface area contributed by atoms with Gasteiger partial charge in [0.25, 0.3) is 0 Å². The number of halogens is 1. The minimum Gasteiger partial charge on any atom is -0.429 e. The zero-order valence-electron chi connectivity index (χ0n) is 5.34. The Morgan fingerprint density at radius 3 is 2.80 bits per heavy atom. The van der Waals surface area contributed by atoms with Crippen LogP contribution >= 0.6 is 11.6 Å². The van der Waals surface area contributed by atoms with Crippen LogP contribution in [0.25, 0.3) is 0 Å². The van der Waals surface area contributed by atoms with Gasteiger partial charge in [0, 0.05) is 12.3 Å². The van der Waals surface area contributed by atoms with Crippen LogP contribution in [0.2, 0.25) is 5.02 Å². The molecular weight excluding hydrogens is 154 g/mol. The topological polar surface area (TPSA) is 42.2 Å². The van der Waals surface area contributed by atoms with Crippen LogP contribution < -0.4 is 5.43 Å². The molecule has 0 aliphatic rings. The summed E-state index contributed by atoms with van der Waals surface area (Å²) in [6.07, 6.45) is 1.25. The van der Waals surface area contributed by atoms with E-state index in [0.29, 0.717) is 5.69 Å². The molecule has 1 heterocycles. The van der Waals surface area contributed by atoms with E-state index in [1.807, 2.05) is 0 Å². The summed E-state index contributed by atoms with van der Waals surface area (Å²) in [4.78, 5) is 10.7. The molecule has 1 aromatic heterocycles. The summed E-state index contributed by atoms with van der Waals surface area (Å²) in [7, 11) is 0. The molecular formula is C6H6ClNO2. The molecule has 0 saturated carbocycles. The van der Waals surface area contributed by atoms with E-state index in [1.165, 1.54) is 12.3 Å². The van der Waals surface area contributed by atoms with Crippen LogP contribution in [0.15, 0.2) is 17.1 Å². The lowest BCUT2D eigenvalue weighted by atomic mass is 10.4. The maximum atomic E-state index is 10.7. The van der Waals surface area contributed by atoms with Crippen LogP contribution in [0.4, 0.5) is 0 Å². The molecule has 0 aromatic carbocycles. The molecule has 0 spiro atoms. The van der Waals surface area contributed by atoms with Gasteiger partial charge in [0.2, 0.25) is 5.43 Å². The second-order valence-electron chi connectivity index (χ2n) is 1.92. The summed E-state index contributed by atoms with van der Waals surface area (Å²) in [5, 5.41) is 8.98. The first-order valence-electron chi connectivity index (χ1n) is 2.70. The third kappa shape index (κ3) is 0.998. The quantitative estimate of drug-likeness (QED) is 0.575. The van der Waals surface area contributed by atoms with Crippen LogP contribution in [-0.2, 0) is 0 Å². The second-order valence-corrected chi connectivity index (χ2v) is 2.30. The van der Waals surface area contributed by atoms with E-state index in [2.05, 4.69) is 0 Å². The molecule has 0 aliphatic carbocycles. The van der Waals surface area contributed by atoms with Crippen molar-refractivity contribution in [3.05, 3.63) is 33.2 Å². The van der Waals surface area contributed by atoms with Crippen LogP contribution in [-0.4, -0.2) is 9.94 Å². The molecule has 10 heavy (non-hydrogen) atoms. The average Bonchev–Trinajstić information content (AvgIpc) is 1.93. The molecule has 0 fully saturated rings. The molecule has 1 aromatic rings. The molecule has 1 rings (SSSR count). The standard InChI is InChI=1S/C6H6ClNO2/c1-4-6(7)5(9)2-3-8(4)10/h2-3,10H,1H3. The van der Waals surface area contributed by atoms with Crippen molar-refractivity contribution >= 4 is 11.6 Å². The molecule has 54 valence electrons. The summed E-state index contributed by atoms with van der Waals surface area (Å²) in [5.41, 5.74) is 0.0821. The fourth-order valence-electron chi connectivity index (χ4n) is 0.602. The van der Waals surface area contributed by atoms with E-state index >= 15 is 0 Å². The molecule has 0 saturated heterocycles. The summed E-state index contributed by atoms with van der Waals surface area (Å²) in [6.45, 7) is 1.56. The predicted molar refractivity (Wildman–Crippen MR) is 37.6 cm³/mol. The monoisotopic (exact) mass is 159 g/mol. The highest BCUT2D eigenvalue weighted by atomic mass is 35.5. The number of pyridine rings is 1. The van der Waals surface area contributed by atoms with Gasteiger partial charge in [-0.15, -0.1) is 0 Å². The van der Waals surface area contributed by atoms with Crippen LogP contribution in [0.1, 0.15) is 5.69 Å². The summed E-state index contributed by atoms with van der Waals surface area (Å²) >= 11 is 5.49. The Hall–Kier alpha value is -0.960. The van der Waals surface area contributed by atoms with E-state index in [-0.39, 0.29) is 10.5 Å². The highest BCUT2D eigenvalue weighted by molar-refractivity contribution is 6.31. The van der Waals surface area contributed by atoms with Gasteiger partial charge in [-0.3, -0.25) is 4.79 Å². The lowest BCUT2D eigenvalue weighted by Gasteiger charge is -2.00. The predicted octanol–water partition coefficient (Wildman–Crippen LogP) is 1.05. The molecule has 0 amide bonds. The molecule has 0 radical (unpaired) electrons. The molecule has 4 heteroatoms. The zero-order valence-corrected chi connectivity index (χ0v) is 6.09. The fraction of sp³-hybridized carbons (Fsp3) is 0.167. The first kappa shape index (κ1) is 7.15. The van der Waals surface area contributed by atoms with Crippen molar-refractivity contribution in [1.29, 1.82) is 0 Å². The highest BCUT2D eigenvalue weighted by Crippen LogP contribution is 2.06. The van der Waals surface area contributed by atoms with Gasteiger partial charge in [-0.05, 0) is 6.92 Å². The Kier molecular flexibility index (Phi) is 1.68. The number of aromatic nitrogens is 1. The third-order valence-electron chi connectivity index (χ3n) is 1.24. The Morgan fingerprint density at radius 1 is 1.70 bits per heavy atom. The Morgan fingerprint density at radius 2 is 2.30 bits per heavy atom. The Balaban J connectivity index is 3.49. The van der Waals surface area contributed by atoms with Crippen molar-refractivity contribution < 1.29 is 5.21 Å². The van der Waals surface area contributed by atoms with Crippen LogP contribution in [0.5, 0.6) is 0 Å². The molecule has 3 nitrogen and oxygen atoms in total. The van der Waals surface area contributed by atoms with Gasteiger partial charge < -0.3 is 5.21 Å². The van der Waals surface area contributed by atoms with Gasteiger partial charge in [-0.25, -0.2) is 0 Å². The van der Waals surface area contributed by atoms with Gasteiger partial charge in [-0.1, -0.05) is 11.6 Å². The molecule has 1 N–H and O–H groups in total. The summed E-state index contributed by atoms with van der Waals surface area (Å²) < 4.78 is 0.809. The Bertz CT molecular complexity index is 305. The van der Waals surface area contributed by atoms with E-state index < -0.39 is 0 Å². The smallest absolute Gasteiger partial charge is 0.200 e. The van der Waals surface area contributed by atoms with Gasteiger partial charge in [0.1, 0.15) is 5.02 Å². The van der Waals surface area contributed by atoms with Gasteiger partial charge >= 0.3 is 0 Å². The van der Waals surface area contributed by atoms with Crippen molar-refractivity contribution in [2.45, 2.75) is 6.92 Å². The van der Waals surface area contributed by atoms with Crippen molar-refractivity contribution in [2.24, 2.45) is 0 Å². The molecule has 0 unspecified atom stereocenters. The normalized spacial score (nSPS) is 9.80. The molecule has 0 bridgehead atoms. The van der Waals surface area contributed by atoms with Crippen molar-refractivity contribution in [1.82, 2.24) is 4.73 Å². The lowest BCUT2D eigenvalue weighted by molar-refractivity contribution is 0.177. The lowest BCUT2D eigenvalue weighted by Crippen LogP contribution is -2.08. The SMILES string of the molecule is Cc1c(Cl)c(=O)ccn1O. The highest BCUT2D eigenvalue weighted by Gasteiger charge is 2.01. The maximum absolute atomic E-state index is 10.7.